The lowest BCUT2D eigenvalue weighted by Crippen LogP contribution is -2.59. The number of para-hydroxylation sites is 1. The van der Waals surface area contributed by atoms with Gasteiger partial charge >= 0.3 is 0 Å². The lowest BCUT2D eigenvalue weighted by molar-refractivity contribution is 0.0950. The molecule has 1 aliphatic heterocycles. The molecule has 1 aliphatic rings. The Balaban J connectivity index is 1.36. The topological polar surface area (TPSA) is 98.4 Å². The van der Waals surface area contributed by atoms with Gasteiger partial charge in [0.2, 0.25) is 0 Å². The molecule has 1 unspecified atom stereocenters. The number of benzene rings is 2. The second-order valence-corrected chi connectivity index (χ2v) is 8.64. The van der Waals surface area contributed by atoms with Crippen LogP contribution in [0, 0.1) is 0 Å². The van der Waals surface area contributed by atoms with Gasteiger partial charge in [-0.15, -0.1) is 0 Å². The first-order valence-corrected chi connectivity index (χ1v) is 11.2. The Hall–Kier alpha value is -4.04. The minimum atomic E-state index is -0.549. The molecule has 2 N–H and O–H groups in total. The number of Topliss-reactive ketones (excluding diaryl/α,β-unsaturated/α-hetero) is 1. The molecular weight excluding hydrogens is 430 g/mol. The fourth-order valence-electron chi connectivity index (χ4n) is 4.49. The highest BCUT2D eigenvalue weighted by molar-refractivity contribution is 6.03. The molecule has 1 aromatic heterocycles. The van der Waals surface area contributed by atoms with Crippen LogP contribution >= 0.6 is 0 Å². The first-order chi connectivity index (χ1) is 16.5. The minimum absolute atomic E-state index is 0.0845. The highest BCUT2D eigenvalue weighted by Gasteiger charge is 2.36. The lowest BCUT2D eigenvalue weighted by atomic mass is 9.98. The molecule has 0 amide bonds. The van der Waals surface area contributed by atoms with Crippen molar-refractivity contribution in [3.05, 3.63) is 85.8 Å². The summed E-state index contributed by atoms with van der Waals surface area (Å²) in [4.78, 5) is 41.2. The lowest BCUT2D eigenvalue weighted by Gasteiger charge is -2.38. The number of rotatable bonds is 6. The van der Waals surface area contributed by atoms with Gasteiger partial charge in [-0.3, -0.25) is 19.5 Å². The number of aromatic nitrogens is 2. The third kappa shape index (κ3) is 3.72. The number of piperazine rings is 1. The van der Waals surface area contributed by atoms with E-state index in [0.717, 1.165) is 22.2 Å². The number of anilines is 2. The third-order valence-corrected chi connectivity index (χ3v) is 6.27. The first-order valence-electron chi connectivity index (χ1n) is 11.2. The van der Waals surface area contributed by atoms with Gasteiger partial charge in [-0.2, -0.15) is 5.10 Å². The number of hydrogen-bond donors (Lipinski definition) is 2. The Labute approximate surface area is 196 Å². The monoisotopic (exact) mass is 455 g/mol. The number of nitrogens with zero attached hydrogens (tertiary/aromatic N) is 3. The van der Waals surface area contributed by atoms with Gasteiger partial charge in [-0.25, -0.2) is 0 Å². The number of carbonyl (C=O) groups excluding carboxylic acids is 1. The zero-order valence-corrected chi connectivity index (χ0v) is 19.0. The second-order valence-electron chi connectivity index (χ2n) is 8.64. The number of carbonyl (C=O) groups is 1. The van der Waals surface area contributed by atoms with Crippen molar-refractivity contribution in [2.75, 3.05) is 43.5 Å². The highest BCUT2D eigenvalue weighted by Crippen LogP contribution is 2.27. The molecule has 0 spiro atoms. The number of H-pyrrole nitrogens is 1. The van der Waals surface area contributed by atoms with Gasteiger partial charge < -0.3 is 15.1 Å². The van der Waals surface area contributed by atoms with Crippen molar-refractivity contribution in [2.45, 2.75) is 6.04 Å². The largest absolute Gasteiger partial charge is 0.373 e. The van der Waals surface area contributed by atoms with Gasteiger partial charge in [0.05, 0.1) is 11.2 Å². The molecule has 1 saturated heterocycles. The van der Waals surface area contributed by atoms with Gasteiger partial charge in [0.15, 0.2) is 5.78 Å². The Kier molecular flexibility index (Phi) is 5.59. The van der Waals surface area contributed by atoms with Crippen LogP contribution in [0.15, 0.2) is 58.1 Å². The third-order valence-electron chi connectivity index (χ3n) is 6.27. The van der Waals surface area contributed by atoms with E-state index in [4.69, 9.17) is 0 Å². The van der Waals surface area contributed by atoms with Crippen LogP contribution in [-0.2, 0) is 0 Å². The van der Waals surface area contributed by atoms with Crippen molar-refractivity contribution in [3.63, 3.8) is 0 Å². The maximum atomic E-state index is 13.4. The summed E-state index contributed by atoms with van der Waals surface area (Å²) in [5.74, 6) is -0.0845. The number of hydrogen-bond acceptors (Lipinski definition) is 7. The maximum Gasteiger partial charge on any atom is 0.253 e. The molecule has 3 aromatic carbocycles. The molecule has 5 rings (SSSR count). The number of nitrogens with one attached hydrogen (secondary N) is 2. The van der Waals surface area contributed by atoms with E-state index >= 15 is 0 Å². The smallest absolute Gasteiger partial charge is 0.253 e. The van der Waals surface area contributed by atoms with E-state index in [1.165, 1.54) is 0 Å². The molecule has 172 valence electrons. The molecule has 1 atom stereocenters. The molecule has 0 bridgehead atoms. The average molecular weight is 456 g/mol. The van der Waals surface area contributed by atoms with E-state index in [-0.39, 0.29) is 5.78 Å². The van der Waals surface area contributed by atoms with E-state index in [2.05, 4.69) is 15.5 Å². The Morgan fingerprint density at radius 1 is 1.06 bits per heavy atom. The molecule has 34 heavy (non-hydrogen) atoms. The van der Waals surface area contributed by atoms with Crippen LogP contribution in [0.2, 0.25) is 0 Å². The van der Waals surface area contributed by atoms with Crippen LogP contribution in [-0.4, -0.2) is 55.8 Å². The van der Waals surface area contributed by atoms with Crippen LogP contribution in [0.25, 0.3) is 23.1 Å². The average Bonchev–Trinajstić information content (AvgIpc) is 3.28. The Morgan fingerprint density at radius 3 is 2.59 bits per heavy atom. The van der Waals surface area contributed by atoms with Crippen molar-refractivity contribution >= 4 is 40.2 Å². The summed E-state index contributed by atoms with van der Waals surface area (Å²) in [6, 6.07) is 14.8. The van der Waals surface area contributed by atoms with Crippen molar-refractivity contribution in [2.24, 2.45) is 0 Å². The normalized spacial score (nSPS) is 16.5. The fourth-order valence-corrected chi connectivity index (χ4v) is 4.49. The zero-order valence-electron chi connectivity index (χ0n) is 19.0. The van der Waals surface area contributed by atoms with Crippen molar-refractivity contribution < 1.29 is 4.79 Å². The van der Waals surface area contributed by atoms with Gasteiger partial charge in [0.1, 0.15) is 17.4 Å². The summed E-state index contributed by atoms with van der Waals surface area (Å²) in [5, 5.41) is 11.6. The fraction of sp³-hybridized carbons (Fsp3) is 0.231. The zero-order chi connectivity index (χ0) is 23.8. The van der Waals surface area contributed by atoms with Crippen molar-refractivity contribution in [1.82, 2.24) is 15.5 Å². The molecule has 0 radical (unpaired) electrons. The van der Waals surface area contributed by atoms with Crippen LogP contribution in [0.1, 0.15) is 21.6 Å². The molecule has 2 heterocycles. The Morgan fingerprint density at radius 2 is 1.82 bits per heavy atom. The van der Waals surface area contributed by atoms with E-state index in [9.17, 15) is 14.4 Å². The summed E-state index contributed by atoms with van der Waals surface area (Å²) in [6.45, 7) is 1.54. The van der Waals surface area contributed by atoms with E-state index in [0.29, 0.717) is 36.6 Å². The van der Waals surface area contributed by atoms with Gasteiger partial charge in [-0.1, -0.05) is 48.5 Å². The number of ketones is 1. The minimum Gasteiger partial charge on any atom is -0.373 e. The molecule has 0 aliphatic carbocycles. The molecule has 4 aromatic rings. The van der Waals surface area contributed by atoms with E-state index in [1.54, 1.807) is 36.0 Å². The summed E-state index contributed by atoms with van der Waals surface area (Å²) < 4.78 is 0. The quantitative estimate of drug-likeness (QED) is 0.339. The predicted octanol–water partition coefficient (Wildman–Crippen LogP) is 2.06. The highest BCUT2D eigenvalue weighted by atomic mass is 16.2. The van der Waals surface area contributed by atoms with Gasteiger partial charge in [0.25, 0.3) is 10.9 Å². The van der Waals surface area contributed by atoms with Crippen molar-refractivity contribution in [1.29, 1.82) is 0 Å². The summed E-state index contributed by atoms with van der Waals surface area (Å²) in [5.41, 5.74) is 3.04. The van der Waals surface area contributed by atoms with Crippen molar-refractivity contribution in [3.8, 4) is 0 Å². The summed E-state index contributed by atoms with van der Waals surface area (Å²) in [6.07, 6.45) is 3.90. The Bertz CT molecular complexity index is 1460. The van der Waals surface area contributed by atoms with E-state index in [1.807, 2.05) is 48.6 Å². The van der Waals surface area contributed by atoms with Crippen LogP contribution in [0.4, 0.5) is 11.4 Å². The van der Waals surface area contributed by atoms with Crippen LogP contribution in [0.5, 0.6) is 0 Å². The standard InChI is InChI=1S/C26H25N5O3/c1-30(2)22-23(26(34)25(22)33)31-14-13-27-15-21(31)24(32)17-10-7-16(8-11-17)9-12-20-18-5-3-4-6-19(18)28-29-20/h3-12,21,27H,13-15H2,1-2H3,(H,28,29). The molecule has 0 saturated carbocycles. The molecule has 1 fully saturated rings. The second kappa shape index (κ2) is 8.72. The predicted molar refractivity (Wildman–Crippen MR) is 135 cm³/mol. The van der Waals surface area contributed by atoms with Crippen LogP contribution in [0.3, 0.4) is 0 Å². The van der Waals surface area contributed by atoms with Gasteiger partial charge in [0, 0.05) is 44.7 Å². The SMILES string of the molecule is CN(C)c1c(N2CCNCC2C(=O)c2ccc(C=Cc3n[nH]c4ccccc34)cc2)c(=O)c1=O. The molecule has 8 nitrogen and oxygen atoms in total. The summed E-state index contributed by atoms with van der Waals surface area (Å²) >= 11 is 0. The van der Waals surface area contributed by atoms with E-state index < -0.39 is 16.9 Å². The molecular formula is C26H25N5O3. The number of fused-ring (bicyclic) bond motifs is 1. The molecule has 8 heteroatoms. The summed E-state index contributed by atoms with van der Waals surface area (Å²) in [7, 11) is 3.47. The number of aromatic amines is 1. The first kappa shape index (κ1) is 21.8. The maximum absolute atomic E-state index is 13.4. The van der Waals surface area contributed by atoms with Gasteiger partial charge in [-0.05, 0) is 17.7 Å². The van der Waals surface area contributed by atoms with Crippen LogP contribution < -0.4 is 26.0 Å².